The normalized spacial score (nSPS) is 11.9. The standard InChI is InChI=1S/C6H4F2O2S.Na/c7-4-1-5(8)3-6(2-4)11(9)10;/h1-3H,(H,9,10);. The van der Waals surface area contributed by atoms with E-state index in [1.165, 1.54) is 0 Å². The van der Waals surface area contributed by atoms with E-state index >= 15 is 0 Å². The topological polar surface area (TPSA) is 37.3 Å². The molecular weight excluding hydrogens is 197 g/mol. The van der Waals surface area contributed by atoms with Crippen LogP contribution in [0.3, 0.4) is 0 Å². The number of halogens is 2. The third-order valence-electron chi connectivity index (χ3n) is 1.04. The fourth-order valence-electron chi connectivity index (χ4n) is 0.629. The Kier molecular flexibility index (Phi) is 5.12. The predicted octanol–water partition coefficient (Wildman–Crippen LogP) is 1.16. The third-order valence-corrected chi connectivity index (χ3v) is 1.68. The fourth-order valence-corrected chi connectivity index (χ4v) is 1.06. The molecule has 1 aromatic rings. The molecule has 0 aliphatic rings. The Morgan fingerprint density at radius 2 is 1.58 bits per heavy atom. The van der Waals surface area contributed by atoms with Gasteiger partial charge in [0.15, 0.2) is 11.1 Å². The second-order valence-corrected chi connectivity index (χ2v) is 2.82. The molecule has 0 fully saturated rings. The number of benzene rings is 1. The third kappa shape index (κ3) is 3.28. The van der Waals surface area contributed by atoms with Crippen molar-refractivity contribution < 1.29 is 17.5 Å². The molecule has 12 heavy (non-hydrogen) atoms. The van der Waals surface area contributed by atoms with Gasteiger partial charge in [-0.1, -0.05) is 0 Å². The number of rotatable bonds is 1. The Morgan fingerprint density at radius 3 is 1.92 bits per heavy atom. The first-order valence-electron chi connectivity index (χ1n) is 2.66. The summed E-state index contributed by atoms with van der Waals surface area (Å²) in [5, 5.41) is 0. The summed E-state index contributed by atoms with van der Waals surface area (Å²) in [6.07, 6.45) is 0. The maximum absolute atomic E-state index is 12.3. The minimum atomic E-state index is -2.33. The molecule has 0 aromatic heterocycles. The van der Waals surface area contributed by atoms with Gasteiger partial charge in [-0.2, -0.15) is 0 Å². The fraction of sp³-hybridized carbons (Fsp3) is 0. The smallest absolute Gasteiger partial charge is 0.186 e. The van der Waals surface area contributed by atoms with Gasteiger partial charge in [-0.25, -0.2) is 13.0 Å². The summed E-state index contributed by atoms with van der Waals surface area (Å²) in [6, 6.07) is 2.24. The molecule has 0 saturated carbocycles. The van der Waals surface area contributed by atoms with Crippen LogP contribution < -0.4 is 0 Å². The SMILES string of the molecule is O=S(O)c1cc(F)cc(F)c1.[Na]. The Morgan fingerprint density at radius 1 is 1.17 bits per heavy atom. The van der Waals surface area contributed by atoms with Gasteiger partial charge in [-0.3, -0.25) is 0 Å². The van der Waals surface area contributed by atoms with Crippen molar-refractivity contribution >= 4 is 40.6 Å². The van der Waals surface area contributed by atoms with E-state index in [1.807, 2.05) is 0 Å². The van der Waals surface area contributed by atoms with Crippen LogP contribution in [-0.4, -0.2) is 38.3 Å². The second-order valence-electron chi connectivity index (χ2n) is 1.85. The molecule has 0 bridgehead atoms. The molecule has 0 amide bonds. The van der Waals surface area contributed by atoms with E-state index in [4.69, 9.17) is 4.55 Å². The summed E-state index contributed by atoms with van der Waals surface area (Å²) in [4.78, 5) is -0.275. The van der Waals surface area contributed by atoms with Gasteiger partial charge in [-0.05, 0) is 12.1 Å². The van der Waals surface area contributed by atoms with Crippen molar-refractivity contribution in [3.63, 3.8) is 0 Å². The van der Waals surface area contributed by atoms with Gasteiger partial charge in [0.1, 0.15) is 11.6 Å². The number of hydrogen-bond acceptors (Lipinski definition) is 1. The molecule has 0 aliphatic carbocycles. The van der Waals surface area contributed by atoms with Crippen molar-refractivity contribution in [1.82, 2.24) is 0 Å². The van der Waals surface area contributed by atoms with Crippen molar-refractivity contribution in [3.8, 4) is 0 Å². The molecule has 6 heteroatoms. The Bertz CT molecular complexity index is 285. The van der Waals surface area contributed by atoms with Crippen LogP contribution in [-0.2, 0) is 11.1 Å². The first kappa shape index (κ1) is 12.2. The quantitative estimate of drug-likeness (QED) is 0.547. The van der Waals surface area contributed by atoms with E-state index in [9.17, 15) is 13.0 Å². The maximum Gasteiger partial charge on any atom is 0.186 e. The van der Waals surface area contributed by atoms with Crippen molar-refractivity contribution in [2.24, 2.45) is 0 Å². The molecule has 1 unspecified atom stereocenters. The maximum atomic E-state index is 12.3. The Hall–Kier alpha value is 0.190. The van der Waals surface area contributed by atoms with Crippen molar-refractivity contribution in [2.45, 2.75) is 4.90 Å². The number of hydrogen-bond donors (Lipinski definition) is 1. The van der Waals surface area contributed by atoms with Gasteiger partial charge in [0.2, 0.25) is 0 Å². The van der Waals surface area contributed by atoms with Gasteiger partial charge < -0.3 is 4.55 Å². The predicted molar refractivity (Wildman–Crippen MR) is 41.1 cm³/mol. The second kappa shape index (κ2) is 5.04. The van der Waals surface area contributed by atoms with E-state index in [0.29, 0.717) is 6.07 Å². The van der Waals surface area contributed by atoms with E-state index in [1.54, 1.807) is 0 Å². The molecule has 0 saturated heterocycles. The molecule has 2 nitrogen and oxygen atoms in total. The minimum absolute atomic E-state index is 0. The van der Waals surface area contributed by atoms with Crippen LogP contribution in [0.5, 0.6) is 0 Å². The van der Waals surface area contributed by atoms with Gasteiger partial charge >= 0.3 is 0 Å². The van der Waals surface area contributed by atoms with Crippen LogP contribution in [0.4, 0.5) is 8.78 Å². The molecule has 0 aliphatic heterocycles. The molecule has 1 N–H and O–H groups in total. The van der Waals surface area contributed by atoms with Gasteiger partial charge in [0, 0.05) is 35.6 Å². The molecule has 1 radical (unpaired) electrons. The molecule has 61 valence electrons. The molecule has 1 aromatic carbocycles. The van der Waals surface area contributed by atoms with Crippen LogP contribution in [0, 0.1) is 11.6 Å². The minimum Gasteiger partial charge on any atom is -0.302 e. The molecule has 0 heterocycles. The molecular formula is C6H4F2NaO2S. The average Bonchev–Trinajstić information content (AvgIpc) is 1.85. The van der Waals surface area contributed by atoms with Crippen LogP contribution in [0.15, 0.2) is 23.1 Å². The van der Waals surface area contributed by atoms with Crippen LogP contribution >= 0.6 is 0 Å². The van der Waals surface area contributed by atoms with Crippen LogP contribution in [0.1, 0.15) is 0 Å². The molecule has 0 spiro atoms. The van der Waals surface area contributed by atoms with E-state index < -0.39 is 22.7 Å². The molecule has 1 atom stereocenters. The van der Waals surface area contributed by atoms with Gasteiger partial charge in [0.05, 0.1) is 4.90 Å². The van der Waals surface area contributed by atoms with Crippen molar-refractivity contribution in [3.05, 3.63) is 29.8 Å². The Balaban J connectivity index is 0.00000121. The largest absolute Gasteiger partial charge is 0.302 e. The van der Waals surface area contributed by atoms with Crippen molar-refractivity contribution in [2.75, 3.05) is 0 Å². The summed E-state index contributed by atoms with van der Waals surface area (Å²) in [5.41, 5.74) is 0. The first-order valence-corrected chi connectivity index (χ1v) is 3.77. The summed E-state index contributed by atoms with van der Waals surface area (Å²) in [7, 11) is 0. The average molecular weight is 201 g/mol. The molecule has 1 rings (SSSR count). The zero-order valence-corrected chi connectivity index (χ0v) is 9.07. The van der Waals surface area contributed by atoms with Gasteiger partial charge in [-0.15, -0.1) is 0 Å². The summed E-state index contributed by atoms with van der Waals surface area (Å²) in [6.45, 7) is 0. The van der Waals surface area contributed by atoms with Gasteiger partial charge in [0.25, 0.3) is 0 Å². The van der Waals surface area contributed by atoms with Crippen LogP contribution in [0.2, 0.25) is 0 Å². The van der Waals surface area contributed by atoms with E-state index in [0.717, 1.165) is 12.1 Å². The monoisotopic (exact) mass is 201 g/mol. The van der Waals surface area contributed by atoms with Crippen molar-refractivity contribution in [1.29, 1.82) is 0 Å². The Labute approximate surface area is 92.6 Å². The zero-order valence-electron chi connectivity index (χ0n) is 6.25. The van der Waals surface area contributed by atoms with Crippen LogP contribution in [0.25, 0.3) is 0 Å². The zero-order chi connectivity index (χ0) is 8.43. The van der Waals surface area contributed by atoms with E-state index in [2.05, 4.69) is 0 Å². The van der Waals surface area contributed by atoms with E-state index in [-0.39, 0.29) is 34.5 Å². The summed E-state index contributed by atoms with van der Waals surface area (Å²) >= 11 is -2.33. The summed E-state index contributed by atoms with van der Waals surface area (Å²) in [5.74, 6) is -1.72. The first-order chi connectivity index (χ1) is 5.09. The summed E-state index contributed by atoms with van der Waals surface area (Å²) < 4.78 is 43.3.